The van der Waals surface area contributed by atoms with Crippen molar-refractivity contribution in [3.63, 3.8) is 0 Å². The van der Waals surface area contributed by atoms with Crippen LogP contribution in [0.5, 0.6) is 5.75 Å². The van der Waals surface area contributed by atoms with Gasteiger partial charge in [-0.1, -0.05) is 6.92 Å². The third-order valence-electron chi connectivity index (χ3n) is 5.45. The molecule has 0 unspecified atom stereocenters. The van der Waals surface area contributed by atoms with Crippen LogP contribution in [0.25, 0.3) is 0 Å². The minimum Gasteiger partial charge on any atom is -0.497 e. The Morgan fingerprint density at radius 3 is 2.32 bits per heavy atom. The molecule has 0 spiro atoms. The number of piperazine rings is 1. The van der Waals surface area contributed by atoms with Gasteiger partial charge in [0.2, 0.25) is 5.91 Å². The first-order chi connectivity index (χ1) is 15.0. The van der Waals surface area contributed by atoms with Crippen LogP contribution in [-0.2, 0) is 4.79 Å². The number of hydrogen-bond acceptors (Lipinski definition) is 6. The highest BCUT2D eigenvalue weighted by Gasteiger charge is 2.23. The summed E-state index contributed by atoms with van der Waals surface area (Å²) < 4.78 is 5.21. The van der Waals surface area contributed by atoms with E-state index >= 15 is 0 Å². The second-order valence-corrected chi connectivity index (χ2v) is 7.65. The summed E-state index contributed by atoms with van der Waals surface area (Å²) >= 11 is 0. The predicted octanol–water partition coefficient (Wildman–Crippen LogP) is 2.38. The fourth-order valence-electron chi connectivity index (χ4n) is 3.65. The van der Waals surface area contributed by atoms with Crippen molar-refractivity contribution in [2.24, 2.45) is 0 Å². The zero-order chi connectivity index (χ0) is 22.2. The predicted molar refractivity (Wildman–Crippen MR) is 119 cm³/mol. The lowest BCUT2D eigenvalue weighted by atomic mass is 10.2. The van der Waals surface area contributed by atoms with Crippen molar-refractivity contribution in [3.05, 3.63) is 48.0 Å². The van der Waals surface area contributed by atoms with E-state index in [0.717, 1.165) is 36.6 Å². The number of rotatable bonds is 8. The van der Waals surface area contributed by atoms with Crippen LogP contribution < -0.4 is 9.64 Å². The van der Waals surface area contributed by atoms with Crippen molar-refractivity contribution in [1.82, 2.24) is 19.8 Å². The minimum absolute atomic E-state index is 0.0817. The van der Waals surface area contributed by atoms with Crippen molar-refractivity contribution >= 4 is 17.5 Å². The summed E-state index contributed by atoms with van der Waals surface area (Å²) in [6, 6.07) is 7.98. The smallest absolute Gasteiger partial charge is 0.274 e. The molecule has 31 heavy (non-hydrogen) atoms. The van der Waals surface area contributed by atoms with Crippen LogP contribution in [-0.4, -0.2) is 78.0 Å². The normalized spacial score (nSPS) is 13.8. The third kappa shape index (κ3) is 5.93. The van der Waals surface area contributed by atoms with Crippen LogP contribution in [0.1, 0.15) is 35.9 Å². The molecule has 1 fully saturated rings. The standard InChI is InChI=1S/C23H31N5O3/c1-4-10-28(23(30)21-17-24-18(2)16-25-21)11-9-22(29)27-14-12-26(13-15-27)19-5-7-20(31-3)8-6-19/h5-8,16-17H,4,9-15H2,1-3H3. The van der Waals surface area contributed by atoms with E-state index in [-0.39, 0.29) is 11.8 Å². The van der Waals surface area contributed by atoms with E-state index in [1.54, 1.807) is 18.2 Å². The molecule has 1 aromatic heterocycles. The molecule has 1 saturated heterocycles. The Labute approximate surface area is 183 Å². The summed E-state index contributed by atoms with van der Waals surface area (Å²) in [5.74, 6) is 0.741. The molecule has 1 aromatic carbocycles. The van der Waals surface area contributed by atoms with E-state index in [9.17, 15) is 9.59 Å². The highest BCUT2D eigenvalue weighted by Crippen LogP contribution is 2.20. The van der Waals surface area contributed by atoms with Gasteiger partial charge in [-0.15, -0.1) is 0 Å². The van der Waals surface area contributed by atoms with Crippen LogP contribution in [0.15, 0.2) is 36.7 Å². The number of anilines is 1. The van der Waals surface area contributed by atoms with Gasteiger partial charge in [0.1, 0.15) is 11.4 Å². The van der Waals surface area contributed by atoms with Gasteiger partial charge in [-0.2, -0.15) is 0 Å². The highest BCUT2D eigenvalue weighted by molar-refractivity contribution is 5.92. The SMILES string of the molecule is CCCN(CCC(=O)N1CCN(c2ccc(OC)cc2)CC1)C(=O)c1cnc(C)cn1. The largest absolute Gasteiger partial charge is 0.497 e. The Hall–Kier alpha value is -3.16. The van der Waals surface area contributed by atoms with Crippen molar-refractivity contribution in [2.75, 3.05) is 51.3 Å². The first-order valence-corrected chi connectivity index (χ1v) is 10.8. The average Bonchev–Trinajstić information content (AvgIpc) is 2.82. The molecule has 2 heterocycles. The third-order valence-corrected chi connectivity index (χ3v) is 5.45. The van der Waals surface area contributed by atoms with Crippen LogP contribution in [0.2, 0.25) is 0 Å². The fourth-order valence-corrected chi connectivity index (χ4v) is 3.65. The van der Waals surface area contributed by atoms with Crippen molar-refractivity contribution < 1.29 is 14.3 Å². The summed E-state index contributed by atoms with van der Waals surface area (Å²) in [5, 5.41) is 0. The van der Waals surface area contributed by atoms with E-state index < -0.39 is 0 Å². The maximum Gasteiger partial charge on any atom is 0.274 e. The molecule has 0 atom stereocenters. The number of carbonyl (C=O) groups excluding carboxylic acids is 2. The summed E-state index contributed by atoms with van der Waals surface area (Å²) in [4.78, 5) is 39.7. The lowest BCUT2D eigenvalue weighted by Crippen LogP contribution is -2.49. The molecule has 2 amide bonds. The molecule has 8 heteroatoms. The monoisotopic (exact) mass is 425 g/mol. The van der Waals surface area contributed by atoms with Gasteiger partial charge in [0.15, 0.2) is 0 Å². The second kappa shape index (κ2) is 10.7. The van der Waals surface area contributed by atoms with Gasteiger partial charge in [-0.25, -0.2) is 4.98 Å². The van der Waals surface area contributed by atoms with Gasteiger partial charge in [0.05, 0.1) is 19.0 Å². The number of amides is 2. The molecule has 1 aliphatic rings. The number of carbonyl (C=O) groups is 2. The zero-order valence-corrected chi connectivity index (χ0v) is 18.6. The summed E-state index contributed by atoms with van der Waals surface area (Å²) in [5.41, 5.74) is 2.22. The van der Waals surface area contributed by atoms with E-state index in [0.29, 0.717) is 38.3 Å². The lowest BCUT2D eigenvalue weighted by Gasteiger charge is -2.36. The molecule has 0 bridgehead atoms. The maximum absolute atomic E-state index is 12.8. The quantitative estimate of drug-likeness (QED) is 0.646. The molecule has 166 valence electrons. The van der Waals surface area contributed by atoms with Gasteiger partial charge in [-0.05, 0) is 37.6 Å². The summed E-state index contributed by atoms with van der Waals surface area (Å²) in [6.45, 7) is 7.75. The summed E-state index contributed by atoms with van der Waals surface area (Å²) in [6.07, 6.45) is 4.22. The second-order valence-electron chi connectivity index (χ2n) is 7.65. The van der Waals surface area contributed by atoms with Crippen molar-refractivity contribution in [3.8, 4) is 5.75 Å². The van der Waals surface area contributed by atoms with Crippen LogP contribution >= 0.6 is 0 Å². The Morgan fingerprint density at radius 1 is 1.03 bits per heavy atom. The Balaban J connectivity index is 1.50. The molecule has 0 aliphatic carbocycles. The molecule has 8 nitrogen and oxygen atoms in total. The molecule has 1 aliphatic heterocycles. The van der Waals surface area contributed by atoms with Gasteiger partial charge in [0, 0.05) is 57.6 Å². The highest BCUT2D eigenvalue weighted by atomic mass is 16.5. The average molecular weight is 426 g/mol. The Bertz CT molecular complexity index is 862. The zero-order valence-electron chi connectivity index (χ0n) is 18.6. The number of aromatic nitrogens is 2. The van der Waals surface area contributed by atoms with E-state index in [4.69, 9.17) is 4.74 Å². The van der Waals surface area contributed by atoms with Gasteiger partial charge < -0.3 is 19.4 Å². The molecular weight excluding hydrogens is 394 g/mol. The molecule has 2 aromatic rings. The molecule has 0 saturated carbocycles. The van der Waals surface area contributed by atoms with E-state index in [1.165, 1.54) is 6.20 Å². The van der Waals surface area contributed by atoms with Crippen molar-refractivity contribution in [2.45, 2.75) is 26.7 Å². The van der Waals surface area contributed by atoms with E-state index in [1.807, 2.05) is 43.0 Å². The number of ether oxygens (including phenoxy) is 1. The number of nitrogens with zero attached hydrogens (tertiary/aromatic N) is 5. The summed E-state index contributed by atoms with van der Waals surface area (Å²) in [7, 11) is 1.66. The van der Waals surface area contributed by atoms with Crippen LogP contribution in [0.3, 0.4) is 0 Å². The van der Waals surface area contributed by atoms with Crippen LogP contribution in [0.4, 0.5) is 5.69 Å². The first-order valence-electron chi connectivity index (χ1n) is 10.8. The lowest BCUT2D eigenvalue weighted by molar-refractivity contribution is -0.131. The topological polar surface area (TPSA) is 78.9 Å². The minimum atomic E-state index is -0.175. The number of hydrogen-bond donors (Lipinski definition) is 0. The molecule has 3 rings (SSSR count). The number of benzene rings is 1. The van der Waals surface area contributed by atoms with Gasteiger partial charge >= 0.3 is 0 Å². The van der Waals surface area contributed by atoms with E-state index in [2.05, 4.69) is 14.9 Å². The Morgan fingerprint density at radius 2 is 1.74 bits per heavy atom. The fraction of sp³-hybridized carbons (Fsp3) is 0.478. The Kier molecular flexibility index (Phi) is 7.81. The molecular formula is C23H31N5O3. The number of aryl methyl sites for hydroxylation is 1. The van der Waals surface area contributed by atoms with Gasteiger partial charge in [0.25, 0.3) is 5.91 Å². The van der Waals surface area contributed by atoms with Crippen molar-refractivity contribution in [1.29, 1.82) is 0 Å². The number of methoxy groups -OCH3 is 1. The first kappa shape index (κ1) is 22.5. The van der Waals surface area contributed by atoms with Crippen LogP contribution in [0, 0.1) is 6.92 Å². The maximum atomic E-state index is 12.8. The molecule has 0 radical (unpaired) electrons. The molecule has 0 N–H and O–H groups in total. The van der Waals surface area contributed by atoms with Gasteiger partial charge in [-0.3, -0.25) is 14.6 Å².